The summed E-state index contributed by atoms with van der Waals surface area (Å²) in [5.74, 6) is 0.159. The number of esters is 1. The highest BCUT2D eigenvalue weighted by Crippen LogP contribution is 2.33. The molecule has 0 unspecified atom stereocenters. The van der Waals surface area contributed by atoms with Gasteiger partial charge in [-0.2, -0.15) is 0 Å². The molecule has 0 amide bonds. The third kappa shape index (κ3) is 3.52. The first-order valence-electron chi connectivity index (χ1n) is 6.20. The predicted octanol–water partition coefficient (Wildman–Crippen LogP) is 3.53. The quantitative estimate of drug-likeness (QED) is 0.588. The lowest BCUT2D eigenvalue weighted by atomic mass is 10.0. The van der Waals surface area contributed by atoms with Gasteiger partial charge < -0.3 is 14.0 Å². The number of carbonyl (C=O) groups is 1. The summed E-state index contributed by atoms with van der Waals surface area (Å²) < 4.78 is 16.1. The second kappa shape index (κ2) is 7.08. The van der Waals surface area contributed by atoms with E-state index in [1.807, 2.05) is 0 Å². The monoisotopic (exact) mass is 351 g/mol. The van der Waals surface area contributed by atoms with Crippen LogP contribution in [0.2, 0.25) is 0 Å². The van der Waals surface area contributed by atoms with Gasteiger partial charge >= 0.3 is 5.97 Å². The normalized spacial score (nSPS) is 10.2. The Morgan fingerprint density at radius 2 is 2.29 bits per heavy atom. The van der Waals surface area contributed by atoms with Crippen LogP contribution in [0.25, 0.3) is 0 Å². The van der Waals surface area contributed by atoms with Gasteiger partial charge in [0.05, 0.1) is 17.1 Å². The molecule has 0 aliphatic heterocycles. The van der Waals surface area contributed by atoms with Gasteiger partial charge in [0.2, 0.25) is 0 Å². The number of methoxy groups -OCH3 is 1. The lowest BCUT2D eigenvalue weighted by Crippen LogP contribution is -2.08. The van der Waals surface area contributed by atoms with Gasteiger partial charge in [-0.25, -0.2) is 4.79 Å². The number of rotatable bonds is 6. The molecule has 2 aromatic rings. The number of aromatic nitrogens is 1. The van der Waals surface area contributed by atoms with E-state index in [1.54, 1.807) is 24.3 Å². The van der Waals surface area contributed by atoms with E-state index >= 15 is 0 Å². The van der Waals surface area contributed by atoms with Crippen LogP contribution in [-0.2, 0) is 17.8 Å². The molecule has 5 nitrogen and oxygen atoms in total. The number of hydrogen-bond acceptors (Lipinski definition) is 5. The zero-order chi connectivity index (χ0) is 15.2. The van der Waals surface area contributed by atoms with E-state index in [9.17, 15) is 4.79 Å². The molecule has 2 rings (SSSR count). The molecule has 0 aliphatic rings. The first-order chi connectivity index (χ1) is 10.2. The summed E-state index contributed by atoms with van der Waals surface area (Å²) in [6.45, 7) is 3.95. The predicted molar refractivity (Wildman–Crippen MR) is 80.2 cm³/mol. The van der Waals surface area contributed by atoms with Gasteiger partial charge in [0.1, 0.15) is 24.3 Å². The van der Waals surface area contributed by atoms with E-state index in [1.165, 1.54) is 13.4 Å². The highest BCUT2D eigenvalue weighted by Gasteiger charge is 2.18. The number of carbonyl (C=O) groups excluding carboxylic acids is 1. The smallest absolute Gasteiger partial charge is 0.338 e. The lowest BCUT2D eigenvalue weighted by Gasteiger charge is -2.14. The van der Waals surface area contributed by atoms with Crippen molar-refractivity contribution in [2.75, 3.05) is 7.11 Å². The number of hydrogen-bond donors (Lipinski definition) is 0. The Labute approximate surface area is 130 Å². The molecule has 0 radical (unpaired) electrons. The third-order valence-electron chi connectivity index (χ3n) is 2.82. The molecule has 0 spiro atoms. The van der Waals surface area contributed by atoms with Gasteiger partial charge in [-0.15, -0.1) is 6.58 Å². The third-order valence-corrected chi connectivity index (χ3v) is 3.45. The van der Waals surface area contributed by atoms with Crippen molar-refractivity contribution in [3.8, 4) is 5.75 Å². The van der Waals surface area contributed by atoms with Gasteiger partial charge in [-0.1, -0.05) is 11.2 Å². The van der Waals surface area contributed by atoms with Crippen LogP contribution in [0.5, 0.6) is 5.75 Å². The summed E-state index contributed by atoms with van der Waals surface area (Å²) in [5.41, 5.74) is 1.83. The summed E-state index contributed by atoms with van der Waals surface area (Å²) in [7, 11) is 1.35. The first kappa shape index (κ1) is 15.3. The zero-order valence-corrected chi connectivity index (χ0v) is 13.1. The standard InChI is InChI=1S/C15H14BrNO4/c1-3-4-11-12(15(18)19-2)5-6-13(16)14(11)20-9-10-7-8-21-17-10/h3,5-8H,1,4,9H2,2H3. The maximum atomic E-state index is 11.9. The van der Waals surface area contributed by atoms with Crippen molar-refractivity contribution in [1.82, 2.24) is 5.16 Å². The molecule has 0 saturated heterocycles. The minimum Gasteiger partial charge on any atom is -0.486 e. The number of ether oxygens (including phenoxy) is 2. The molecular formula is C15H14BrNO4. The van der Waals surface area contributed by atoms with Crippen molar-refractivity contribution in [1.29, 1.82) is 0 Å². The maximum Gasteiger partial charge on any atom is 0.338 e. The molecule has 0 bridgehead atoms. The van der Waals surface area contributed by atoms with Gasteiger partial charge in [-0.3, -0.25) is 0 Å². The van der Waals surface area contributed by atoms with Gasteiger partial charge in [-0.05, 0) is 34.5 Å². The average molecular weight is 352 g/mol. The zero-order valence-electron chi connectivity index (χ0n) is 11.5. The summed E-state index contributed by atoms with van der Waals surface area (Å²) in [6.07, 6.45) is 3.67. The highest BCUT2D eigenvalue weighted by molar-refractivity contribution is 9.10. The fourth-order valence-electron chi connectivity index (χ4n) is 1.86. The molecule has 6 heteroatoms. The molecule has 1 aromatic carbocycles. The van der Waals surface area contributed by atoms with E-state index in [4.69, 9.17) is 14.0 Å². The minimum atomic E-state index is -0.411. The van der Waals surface area contributed by atoms with Crippen LogP contribution < -0.4 is 4.74 Å². The summed E-state index contributed by atoms with van der Waals surface area (Å²) in [5, 5.41) is 3.78. The number of nitrogens with zero attached hydrogens (tertiary/aromatic N) is 1. The molecular weight excluding hydrogens is 338 g/mol. The fourth-order valence-corrected chi connectivity index (χ4v) is 2.35. The molecule has 21 heavy (non-hydrogen) atoms. The van der Waals surface area contributed by atoms with E-state index in [2.05, 4.69) is 27.7 Å². The maximum absolute atomic E-state index is 11.9. The summed E-state index contributed by atoms with van der Waals surface area (Å²) >= 11 is 3.43. The van der Waals surface area contributed by atoms with E-state index in [0.717, 1.165) is 10.0 Å². The molecule has 0 N–H and O–H groups in total. The Bertz CT molecular complexity index is 637. The Kier molecular flexibility index (Phi) is 5.16. The highest BCUT2D eigenvalue weighted by atomic mass is 79.9. The van der Waals surface area contributed by atoms with E-state index < -0.39 is 5.97 Å². The Balaban J connectivity index is 2.36. The molecule has 0 atom stereocenters. The van der Waals surface area contributed by atoms with Crippen molar-refractivity contribution in [3.63, 3.8) is 0 Å². The lowest BCUT2D eigenvalue weighted by molar-refractivity contribution is 0.0599. The van der Waals surface area contributed by atoms with Crippen molar-refractivity contribution in [2.45, 2.75) is 13.0 Å². The molecule has 1 aromatic heterocycles. The number of allylic oxidation sites excluding steroid dienone is 1. The molecule has 0 saturated carbocycles. The van der Waals surface area contributed by atoms with Gasteiger partial charge in [0, 0.05) is 11.6 Å². The molecule has 0 aliphatic carbocycles. The second-order valence-corrected chi connectivity index (χ2v) is 5.02. The van der Waals surface area contributed by atoms with Gasteiger partial charge in [0.25, 0.3) is 0 Å². The Hall–Kier alpha value is -2.08. The van der Waals surface area contributed by atoms with Crippen LogP contribution in [0.4, 0.5) is 0 Å². The largest absolute Gasteiger partial charge is 0.486 e. The Morgan fingerprint density at radius 3 is 2.90 bits per heavy atom. The molecule has 110 valence electrons. The van der Waals surface area contributed by atoms with Crippen LogP contribution >= 0.6 is 15.9 Å². The van der Waals surface area contributed by atoms with Crippen LogP contribution in [-0.4, -0.2) is 18.2 Å². The van der Waals surface area contributed by atoms with Crippen molar-refractivity contribution in [2.24, 2.45) is 0 Å². The van der Waals surface area contributed by atoms with E-state index in [0.29, 0.717) is 23.4 Å². The van der Waals surface area contributed by atoms with Crippen LogP contribution in [0, 0.1) is 0 Å². The average Bonchev–Trinajstić information content (AvgIpc) is 3.00. The van der Waals surface area contributed by atoms with Crippen molar-refractivity contribution in [3.05, 3.63) is 58.4 Å². The number of halogens is 1. The topological polar surface area (TPSA) is 61.6 Å². The van der Waals surface area contributed by atoms with E-state index in [-0.39, 0.29) is 6.61 Å². The second-order valence-electron chi connectivity index (χ2n) is 4.17. The summed E-state index contributed by atoms with van der Waals surface area (Å²) in [4.78, 5) is 11.9. The first-order valence-corrected chi connectivity index (χ1v) is 6.99. The van der Waals surface area contributed by atoms with Gasteiger partial charge in [0.15, 0.2) is 0 Å². The van der Waals surface area contributed by atoms with Crippen LogP contribution in [0.1, 0.15) is 21.6 Å². The minimum absolute atomic E-state index is 0.240. The Morgan fingerprint density at radius 1 is 1.48 bits per heavy atom. The summed E-state index contributed by atoms with van der Waals surface area (Å²) in [6, 6.07) is 5.15. The fraction of sp³-hybridized carbons (Fsp3) is 0.200. The van der Waals surface area contributed by atoms with Crippen LogP contribution in [0.15, 0.2) is 46.1 Å². The van der Waals surface area contributed by atoms with Crippen molar-refractivity contribution >= 4 is 21.9 Å². The van der Waals surface area contributed by atoms with Crippen molar-refractivity contribution < 1.29 is 18.8 Å². The number of benzene rings is 1. The SMILES string of the molecule is C=CCc1c(C(=O)OC)ccc(Br)c1OCc1ccon1. The molecule has 1 heterocycles. The molecule has 0 fully saturated rings. The van der Waals surface area contributed by atoms with Crippen LogP contribution in [0.3, 0.4) is 0 Å².